The molecule has 34 heavy (non-hydrogen) atoms. The van der Waals surface area contributed by atoms with Crippen LogP contribution in [0, 0.1) is 6.92 Å². The fourth-order valence-electron chi connectivity index (χ4n) is 3.54. The molecule has 0 amide bonds. The lowest BCUT2D eigenvalue weighted by Gasteiger charge is -2.25. The zero-order valence-corrected chi connectivity index (χ0v) is 21.7. The van der Waals surface area contributed by atoms with Gasteiger partial charge < -0.3 is 9.30 Å². The van der Waals surface area contributed by atoms with Crippen molar-refractivity contribution in [3.8, 4) is 11.5 Å². The maximum atomic E-state index is 12.9. The number of hydrogen-bond donors (Lipinski definition) is 0. The predicted molar refractivity (Wildman–Crippen MR) is 134 cm³/mol. The van der Waals surface area contributed by atoms with E-state index >= 15 is 0 Å². The van der Waals surface area contributed by atoms with Crippen molar-refractivity contribution >= 4 is 48.2 Å². The van der Waals surface area contributed by atoms with Crippen LogP contribution in [0.3, 0.4) is 0 Å². The number of aromatic nitrogens is 2. The van der Waals surface area contributed by atoms with Gasteiger partial charge in [-0.25, -0.2) is 21.8 Å². The van der Waals surface area contributed by atoms with E-state index in [1.165, 1.54) is 29.1 Å². The van der Waals surface area contributed by atoms with Crippen LogP contribution in [-0.2, 0) is 27.1 Å². The van der Waals surface area contributed by atoms with Crippen LogP contribution in [0.25, 0.3) is 10.9 Å². The fraction of sp³-hybridized carbons (Fsp3) is 0.364. The lowest BCUT2D eigenvalue weighted by atomic mass is 10.1. The molecule has 9 nitrogen and oxygen atoms in total. The van der Waals surface area contributed by atoms with Gasteiger partial charge in [0.05, 0.1) is 34.4 Å². The number of anilines is 1. The van der Waals surface area contributed by atoms with Gasteiger partial charge >= 0.3 is 0 Å². The van der Waals surface area contributed by atoms with Crippen molar-refractivity contribution in [2.75, 3.05) is 15.2 Å². The second-order valence-corrected chi connectivity index (χ2v) is 12.2. The molecule has 0 aliphatic rings. The summed E-state index contributed by atoms with van der Waals surface area (Å²) in [6.45, 7) is 4.98. The first-order valence-electron chi connectivity index (χ1n) is 10.6. The van der Waals surface area contributed by atoms with Crippen molar-refractivity contribution in [1.29, 1.82) is 0 Å². The van der Waals surface area contributed by atoms with E-state index in [-0.39, 0.29) is 46.4 Å². The molecule has 0 aliphatic carbocycles. The monoisotopic (exact) mass is 527 g/mol. The zero-order valence-electron chi connectivity index (χ0n) is 19.3. The molecule has 1 heterocycles. The number of ether oxygens (including phenoxy) is 1. The summed E-state index contributed by atoms with van der Waals surface area (Å²) in [4.78, 5) is 16.8. The Morgan fingerprint density at radius 2 is 1.62 bits per heavy atom. The molecule has 1 aromatic heterocycles. The normalized spacial score (nSPS) is 12.1. The van der Waals surface area contributed by atoms with Gasteiger partial charge in [0.15, 0.2) is 0 Å². The zero-order chi connectivity index (χ0) is 25.3. The standard InChI is InChI=1S/C22H26ClN3O6S2/c1-5-12-33(28,29)26(34(30,31)13-6-2)17-8-7-9-19(21(17)23)32-18-11-10-16-20(15(18)3)22(27)25(4)14-24-16/h7-11,14H,5-6,12-13H2,1-4H3. The largest absolute Gasteiger partial charge is 0.455 e. The molecule has 0 radical (unpaired) electrons. The number of nitrogens with zero attached hydrogens (tertiary/aromatic N) is 3. The summed E-state index contributed by atoms with van der Waals surface area (Å²) < 4.78 is 59.5. The Hall–Kier alpha value is -2.63. The van der Waals surface area contributed by atoms with Crippen molar-refractivity contribution in [2.45, 2.75) is 33.6 Å². The minimum atomic E-state index is -4.21. The Bertz CT molecular complexity index is 1470. The summed E-state index contributed by atoms with van der Waals surface area (Å²) >= 11 is 6.52. The topological polar surface area (TPSA) is 116 Å². The molecule has 0 unspecified atom stereocenters. The maximum absolute atomic E-state index is 12.9. The number of fused-ring (bicyclic) bond motifs is 1. The third kappa shape index (κ3) is 4.91. The van der Waals surface area contributed by atoms with Gasteiger partial charge in [-0.15, -0.1) is 0 Å². The Balaban J connectivity index is 2.16. The molecular formula is C22H26ClN3O6S2. The second kappa shape index (κ2) is 9.93. The highest BCUT2D eigenvalue weighted by Crippen LogP contribution is 2.40. The quantitative estimate of drug-likeness (QED) is 0.413. The number of halogens is 1. The maximum Gasteiger partial charge on any atom is 0.261 e. The highest BCUT2D eigenvalue weighted by atomic mass is 35.5. The number of benzene rings is 2. The Kier molecular flexibility index (Phi) is 7.59. The molecule has 184 valence electrons. The summed E-state index contributed by atoms with van der Waals surface area (Å²) in [5.74, 6) is -0.378. The molecule has 0 saturated heterocycles. The van der Waals surface area contributed by atoms with Crippen molar-refractivity contribution in [1.82, 2.24) is 9.55 Å². The van der Waals surface area contributed by atoms with Gasteiger partial charge in [0.2, 0.25) is 20.0 Å². The summed E-state index contributed by atoms with van der Waals surface area (Å²) in [6.07, 6.45) is 1.88. The SMILES string of the molecule is CCCS(=O)(=O)N(c1cccc(Oc2ccc3ncn(C)c(=O)c3c2C)c1Cl)S(=O)(=O)CCC. The number of rotatable bonds is 9. The van der Waals surface area contributed by atoms with Crippen molar-refractivity contribution in [2.24, 2.45) is 7.05 Å². The van der Waals surface area contributed by atoms with Crippen molar-refractivity contribution < 1.29 is 21.6 Å². The molecule has 0 spiro atoms. The average Bonchev–Trinajstić information content (AvgIpc) is 2.74. The van der Waals surface area contributed by atoms with Crippen LogP contribution in [0.15, 0.2) is 41.5 Å². The lowest BCUT2D eigenvalue weighted by Crippen LogP contribution is -2.40. The molecule has 0 aliphatic heterocycles. The average molecular weight is 528 g/mol. The van der Waals surface area contributed by atoms with E-state index in [0.29, 0.717) is 25.9 Å². The van der Waals surface area contributed by atoms with Gasteiger partial charge in [0.25, 0.3) is 5.56 Å². The Labute approximate surface area is 204 Å². The number of aryl methyl sites for hydroxylation is 2. The minimum Gasteiger partial charge on any atom is -0.455 e. The Morgan fingerprint density at radius 3 is 2.21 bits per heavy atom. The smallest absolute Gasteiger partial charge is 0.261 e. The van der Waals surface area contributed by atoms with Crippen molar-refractivity contribution in [3.63, 3.8) is 0 Å². The van der Waals surface area contributed by atoms with E-state index in [0.717, 1.165) is 0 Å². The van der Waals surface area contributed by atoms with Gasteiger partial charge in [-0.3, -0.25) is 4.79 Å². The highest BCUT2D eigenvalue weighted by Gasteiger charge is 2.35. The van der Waals surface area contributed by atoms with Gasteiger partial charge in [-0.1, -0.05) is 31.5 Å². The first-order chi connectivity index (χ1) is 15.9. The van der Waals surface area contributed by atoms with Crippen molar-refractivity contribution in [3.05, 3.63) is 57.6 Å². The van der Waals surface area contributed by atoms with E-state index in [2.05, 4.69) is 4.98 Å². The van der Waals surface area contributed by atoms with Crippen LogP contribution in [0.4, 0.5) is 5.69 Å². The third-order valence-electron chi connectivity index (χ3n) is 5.09. The second-order valence-electron chi connectivity index (χ2n) is 7.76. The van der Waals surface area contributed by atoms with Crippen LogP contribution in [0.5, 0.6) is 11.5 Å². The molecule has 2 aromatic carbocycles. The highest BCUT2D eigenvalue weighted by molar-refractivity contribution is 8.10. The third-order valence-corrected chi connectivity index (χ3v) is 10.1. The molecule has 0 fully saturated rings. The van der Waals surface area contributed by atoms with E-state index in [4.69, 9.17) is 16.3 Å². The summed E-state index contributed by atoms with van der Waals surface area (Å²) in [6, 6.07) is 7.52. The summed E-state index contributed by atoms with van der Waals surface area (Å²) in [5.41, 5.74) is 0.546. The summed E-state index contributed by atoms with van der Waals surface area (Å²) in [5, 5.41) is 0.188. The van der Waals surface area contributed by atoms with Gasteiger partial charge in [-0.05, 0) is 44.0 Å². The number of sulfonamides is 2. The van der Waals surface area contributed by atoms with Gasteiger partial charge in [0, 0.05) is 12.6 Å². The van der Waals surface area contributed by atoms with Crippen LogP contribution in [0.2, 0.25) is 5.02 Å². The van der Waals surface area contributed by atoms with Crippen LogP contribution >= 0.6 is 11.6 Å². The van der Waals surface area contributed by atoms with E-state index < -0.39 is 20.0 Å². The van der Waals surface area contributed by atoms with E-state index in [9.17, 15) is 21.6 Å². The molecule has 0 saturated carbocycles. The number of hydrogen-bond acceptors (Lipinski definition) is 7. The van der Waals surface area contributed by atoms with Crippen LogP contribution < -0.4 is 14.0 Å². The van der Waals surface area contributed by atoms with Gasteiger partial charge in [-0.2, -0.15) is 3.71 Å². The van der Waals surface area contributed by atoms with Crippen LogP contribution in [-0.4, -0.2) is 37.9 Å². The fourth-order valence-corrected chi connectivity index (χ4v) is 7.98. The first kappa shape index (κ1) is 26.0. The first-order valence-corrected chi connectivity index (χ1v) is 14.2. The lowest BCUT2D eigenvalue weighted by molar-refractivity contribution is 0.480. The van der Waals surface area contributed by atoms with Gasteiger partial charge in [0.1, 0.15) is 16.5 Å². The molecule has 0 bridgehead atoms. The molecule has 3 rings (SSSR count). The van der Waals surface area contributed by atoms with E-state index in [1.54, 1.807) is 40.0 Å². The molecule has 12 heteroatoms. The Morgan fingerprint density at radius 1 is 1.00 bits per heavy atom. The van der Waals surface area contributed by atoms with Crippen LogP contribution in [0.1, 0.15) is 32.3 Å². The summed E-state index contributed by atoms with van der Waals surface area (Å²) in [7, 11) is -6.84. The molecule has 3 aromatic rings. The molecule has 0 N–H and O–H groups in total. The van der Waals surface area contributed by atoms with E-state index in [1.807, 2.05) is 0 Å². The molecular weight excluding hydrogens is 502 g/mol. The minimum absolute atomic E-state index is 0.0470. The predicted octanol–water partition coefficient (Wildman–Crippen LogP) is 3.97. The molecule has 0 atom stereocenters.